The smallest absolute Gasteiger partial charge is 0.0515 e. The second kappa shape index (κ2) is 19.7. The number of terminal acetylenes is 6. The monoisotopic (exact) mass is 1160 g/mol. The molecule has 12 aromatic carbocycles. The lowest BCUT2D eigenvalue weighted by Crippen LogP contribution is -2.45. The summed E-state index contributed by atoms with van der Waals surface area (Å²) in [6.45, 7) is 0. The lowest BCUT2D eigenvalue weighted by Gasteiger charge is -2.43. The van der Waals surface area contributed by atoms with Gasteiger partial charge in [-0.2, -0.15) is 0 Å². The Morgan fingerprint density at radius 3 is 0.370 bits per heavy atom. The lowest BCUT2D eigenvalue weighted by atomic mass is 9.56. The van der Waals surface area contributed by atoms with Gasteiger partial charge in [0.2, 0.25) is 0 Å². The third-order valence-electron chi connectivity index (χ3n) is 22.3. The van der Waals surface area contributed by atoms with Crippen molar-refractivity contribution in [3.8, 4) is 74.1 Å². The van der Waals surface area contributed by atoms with Crippen LogP contribution in [0.15, 0.2) is 291 Å². The van der Waals surface area contributed by atoms with Crippen LogP contribution in [0.1, 0.15) is 134 Å². The normalized spacial score (nSPS) is 24.1. The molecule has 0 fully saturated rings. The molecule has 6 aliphatic rings. The summed E-state index contributed by atoms with van der Waals surface area (Å²) < 4.78 is 0. The molecule has 0 spiro atoms. The molecule has 0 aliphatic heterocycles. The SMILES string of the molecule is C#Cc1ccc(C23c4ccccc4C4(c5ccc(C#C)cc5)c5ccccc5C(c5ccc(C#C)cc5)(c5ccccc52)C34)cc1.C#Cc1ccc(C23c4ccccc4C4(c5ccc(C#C)cc5)c5ccccc5C(c5ccc(C#C)cc5)(c5ccccc52)C34)cc1. The predicted molar refractivity (Wildman–Crippen MR) is 371 cm³/mol. The molecule has 6 aliphatic carbocycles. The summed E-state index contributed by atoms with van der Waals surface area (Å²) in [7, 11) is 0. The van der Waals surface area contributed by atoms with Gasteiger partial charge in [-0.15, -0.1) is 38.5 Å². The minimum Gasteiger partial charge on any atom is -0.115 e. The van der Waals surface area contributed by atoms with E-state index >= 15 is 0 Å². The molecular weight excluding hydrogens is 1110 g/mol. The lowest BCUT2D eigenvalue weighted by molar-refractivity contribution is 0.289. The third kappa shape index (κ3) is 6.34. The summed E-state index contributed by atoms with van der Waals surface area (Å²) in [6.07, 6.45) is 35.3. The molecular formula is C92H56. The van der Waals surface area contributed by atoms with Crippen molar-refractivity contribution < 1.29 is 0 Å². The Labute approximate surface area is 539 Å². The van der Waals surface area contributed by atoms with Crippen molar-refractivity contribution in [1.29, 1.82) is 0 Å². The van der Waals surface area contributed by atoms with Crippen LogP contribution in [0.2, 0.25) is 0 Å². The van der Waals surface area contributed by atoms with Crippen LogP contribution in [0, 0.1) is 85.9 Å². The average Bonchev–Trinajstić information content (AvgIpc) is 1.45. The second-order valence-electron chi connectivity index (χ2n) is 25.3. The first-order valence-electron chi connectivity index (χ1n) is 31.4. The Hall–Kier alpha value is -12.0. The van der Waals surface area contributed by atoms with E-state index in [0.29, 0.717) is 0 Å². The number of rotatable bonds is 6. The Balaban J connectivity index is 0.000000141. The topological polar surface area (TPSA) is 0 Å². The summed E-state index contributed by atoms with van der Waals surface area (Å²) in [5.41, 5.74) is 25.7. The molecule has 0 heteroatoms. The van der Waals surface area contributed by atoms with Crippen LogP contribution < -0.4 is 0 Å². The van der Waals surface area contributed by atoms with Gasteiger partial charge in [-0.3, -0.25) is 0 Å². The summed E-state index contributed by atoms with van der Waals surface area (Å²) in [5, 5.41) is 0. The van der Waals surface area contributed by atoms with Gasteiger partial charge in [0.15, 0.2) is 0 Å². The summed E-state index contributed by atoms with van der Waals surface area (Å²) in [5.74, 6) is 17.1. The first kappa shape index (κ1) is 54.2. The van der Waals surface area contributed by atoms with Crippen molar-refractivity contribution in [3.63, 3.8) is 0 Å². The molecule has 0 aromatic heterocycles. The van der Waals surface area contributed by atoms with Gasteiger partial charge in [-0.25, -0.2) is 0 Å². The second-order valence-corrected chi connectivity index (χ2v) is 25.3. The largest absolute Gasteiger partial charge is 0.115 e. The summed E-state index contributed by atoms with van der Waals surface area (Å²) in [4.78, 5) is 0. The minimum atomic E-state index is -0.491. The van der Waals surface area contributed by atoms with E-state index in [0.717, 1.165) is 33.4 Å². The highest BCUT2D eigenvalue weighted by Gasteiger charge is 2.80. The standard InChI is InChI=1S/2C46H28/c2*1-4-31-19-25-34(26-20-31)44-37-13-7-9-15-39(37)45(35-27-21-32(5-2)22-28-35)41-17-11-12-18-42(41)46(43(44)45,40-16-10-8-14-38(40)44)36-29-23-33(6-3)24-30-36/h2*1-3,7-30,43H. The maximum Gasteiger partial charge on any atom is 0.0515 e. The molecule has 0 bridgehead atoms. The molecule has 18 rings (SSSR count). The Morgan fingerprint density at radius 1 is 0.163 bits per heavy atom. The fourth-order valence-corrected chi connectivity index (χ4v) is 19.6. The summed E-state index contributed by atoms with van der Waals surface area (Å²) in [6, 6.07) is 107. The molecule has 12 aromatic rings. The van der Waals surface area contributed by atoms with Crippen LogP contribution in [0.25, 0.3) is 0 Å². The molecule has 0 amide bonds. The fraction of sp³-hybridized carbons (Fsp3) is 0.0870. The molecule has 0 atom stereocenters. The van der Waals surface area contributed by atoms with Gasteiger partial charge in [-0.1, -0.05) is 254 Å². The molecule has 0 N–H and O–H groups in total. The van der Waals surface area contributed by atoms with Crippen molar-refractivity contribution in [3.05, 3.63) is 425 Å². The molecule has 0 saturated carbocycles. The van der Waals surface area contributed by atoms with Crippen LogP contribution >= 0.6 is 0 Å². The van der Waals surface area contributed by atoms with E-state index < -0.39 is 32.5 Å². The zero-order valence-corrected chi connectivity index (χ0v) is 50.3. The first-order valence-corrected chi connectivity index (χ1v) is 31.4. The Bertz CT molecular complexity index is 4320. The highest BCUT2D eigenvalue weighted by Crippen LogP contribution is 2.82. The van der Waals surface area contributed by atoms with E-state index in [2.05, 4.69) is 327 Å². The van der Waals surface area contributed by atoms with Crippen molar-refractivity contribution in [2.75, 3.05) is 0 Å². The maximum absolute atomic E-state index is 5.89. The zero-order chi connectivity index (χ0) is 62.2. The van der Waals surface area contributed by atoms with Gasteiger partial charge in [0.05, 0.1) is 32.5 Å². The number of benzene rings is 12. The molecule has 0 saturated heterocycles. The average molecular weight is 1160 g/mol. The van der Waals surface area contributed by atoms with Crippen molar-refractivity contribution >= 4 is 0 Å². The molecule has 424 valence electrons. The van der Waals surface area contributed by atoms with Gasteiger partial charge in [0, 0.05) is 45.2 Å². The van der Waals surface area contributed by atoms with E-state index in [-0.39, 0.29) is 11.8 Å². The molecule has 0 nitrogen and oxygen atoms in total. The van der Waals surface area contributed by atoms with Crippen LogP contribution in [-0.4, -0.2) is 0 Å². The highest BCUT2D eigenvalue weighted by atomic mass is 14.8. The highest BCUT2D eigenvalue weighted by molar-refractivity contribution is 5.86. The third-order valence-corrected chi connectivity index (χ3v) is 22.3. The maximum atomic E-state index is 5.89. The summed E-state index contributed by atoms with van der Waals surface area (Å²) >= 11 is 0. The van der Waals surface area contributed by atoms with E-state index in [4.69, 9.17) is 38.5 Å². The van der Waals surface area contributed by atoms with E-state index in [1.807, 2.05) is 0 Å². The van der Waals surface area contributed by atoms with Crippen molar-refractivity contribution in [2.45, 2.75) is 32.5 Å². The Morgan fingerprint density at radius 2 is 0.272 bits per heavy atom. The quantitative estimate of drug-likeness (QED) is 0.146. The Kier molecular flexibility index (Phi) is 11.6. The minimum absolute atomic E-state index is 0.0183. The van der Waals surface area contributed by atoms with Gasteiger partial charge in [-0.05, 0) is 173 Å². The van der Waals surface area contributed by atoms with Crippen LogP contribution in [-0.2, 0) is 32.5 Å². The molecule has 0 radical (unpaired) electrons. The number of hydrogen-bond donors (Lipinski definition) is 0. The van der Waals surface area contributed by atoms with Crippen LogP contribution in [0.5, 0.6) is 0 Å². The van der Waals surface area contributed by atoms with Crippen LogP contribution in [0.4, 0.5) is 0 Å². The predicted octanol–water partition coefficient (Wildman–Crippen LogP) is 17.2. The van der Waals surface area contributed by atoms with Gasteiger partial charge < -0.3 is 0 Å². The molecule has 0 unspecified atom stereocenters. The number of hydrogen-bond acceptors (Lipinski definition) is 0. The van der Waals surface area contributed by atoms with Gasteiger partial charge in [0.1, 0.15) is 0 Å². The van der Waals surface area contributed by atoms with Crippen molar-refractivity contribution in [1.82, 2.24) is 0 Å². The first-order chi connectivity index (χ1) is 45.3. The zero-order valence-electron chi connectivity index (χ0n) is 50.3. The van der Waals surface area contributed by atoms with Gasteiger partial charge in [0.25, 0.3) is 0 Å². The molecule has 92 heavy (non-hydrogen) atoms. The van der Waals surface area contributed by atoms with E-state index in [1.54, 1.807) is 0 Å². The van der Waals surface area contributed by atoms with E-state index in [1.165, 1.54) is 100 Å². The van der Waals surface area contributed by atoms with Gasteiger partial charge >= 0.3 is 0 Å². The molecule has 0 heterocycles. The van der Waals surface area contributed by atoms with Crippen LogP contribution in [0.3, 0.4) is 0 Å². The fourth-order valence-electron chi connectivity index (χ4n) is 19.6. The number of fused-ring (bicyclic) bond motifs is 18. The van der Waals surface area contributed by atoms with E-state index in [9.17, 15) is 0 Å². The van der Waals surface area contributed by atoms with Crippen molar-refractivity contribution in [2.24, 2.45) is 11.8 Å².